The topological polar surface area (TPSA) is 12.0 Å². The number of rotatable bonds is 6. The zero-order valence-corrected chi connectivity index (χ0v) is 10.8. The summed E-state index contributed by atoms with van der Waals surface area (Å²) >= 11 is 5.45. The third kappa shape index (κ3) is 4.49. The van der Waals surface area contributed by atoms with E-state index in [1.165, 1.54) is 21.5 Å². The molecule has 3 heteroatoms. The van der Waals surface area contributed by atoms with Crippen LogP contribution in [0.25, 0.3) is 0 Å². The van der Waals surface area contributed by atoms with Crippen molar-refractivity contribution in [2.75, 3.05) is 18.8 Å². The molecule has 0 aliphatic carbocycles. The largest absolute Gasteiger partial charge is 0.317 e. The molecule has 1 N–H and O–H groups in total. The lowest BCUT2D eigenvalue weighted by Gasteiger charge is -2.04. The third-order valence-electron chi connectivity index (χ3n) is 1.84. The van der Waals surface area contributed by atoms with Gasteiger partial charge in [-0.3, -0.25) is 0 Å². The van der Waals surface area contributed by atoms with Crippen LogP contribution in [0.3, 0.4) is 0 Å². The van der Waals surface area contributed by atoms with E-state index in [9.17, 15) is 0 Å². The van der Waals surface area contributed by atoms with E-state index in [0.717, 1.165) is 13.1 Å². The Morgan fingerprint density at radius 1 is 1.36 bits per heavy atom. The number of hydrogen-bond acceptors (Lipinski definition) is 2. The molecular formula is C11H16BrNS. The van der Waals surface area contributed by atoms with Crippen molar-refractivity contribution in [3.63, 3.8) is 0 Å². The molecule has 0 radical (unpaired) electrons. The van der Waals surface area contributed by atoms with Crippen LogP contribution in [0.5, 0.6) is 0 Å². The minimum absolute atomic E-state index is 1.07. The molecule has 0 bridgehead atoms. The highest BCUT2D eigenvalue weighted by Crippen LogP contribution is 2.27. The van der Waals surface area contributed by atoms with Gasteiger partial charge in [0.1, 0.15) is 0 Å². The number of benzene rings is 1. The predicted molar refractivity (Wildman–Crippen MR) is 68.0 cm³/mol. The van der Waals surface area contributed by atoms with Crippen molar-refractivity contribution in [1.82, 2.24) is 5.32 Å². The van der Waals surface area contributed by atoms with Gasteiger partial charge in [0.25, 0.3) is 0 Å². The van der Waals surface area contributed by atoms with E-state index in [1.807, 2.05) is 17.8 Å². The molecular weight excluding hydrogens is 258 g/mol. The van der Waals surface area contributed by atoms with Crippen LogP contribution in [0.4, 0.5) is 0 Å². The maximum atomic E-state index is 3.54. The highest BCUT2D eigenvalue weighted by atomic mass is 79.9. The molecule has 0 amide bonds. The van der Waals surface area contributed by atoms with Crippen molar-refractivity contribution in [3.8, 4) is 0 Å². The first-order chi connectivity index (χ1) is 6.84. The maximum Gasteiger partial charge on any atom is 0.0311 e. The molecule has 0 aliphatic rings. The normalized spacial score (nSPS) is 10.4. The van der Waals surface area contributed by atoms with Crippen molar-refractivity contribution < 1.29 is 0 Å². The smallest absolute Gasteiger partial charge is 0.0311 e. The number of halogens is 1. The maximum absolute atomic E-state index is 3.54. The highest BCUT2D eigenvalue weighted by molar-refractivity contribution is 9.10. The average molecular weight is 274 g/mol. The van der Waals surface area contributed by atoms with Crippen molar-refractivity contribution in [2.45, 2.75) is 18.2 Å². The van der Waals surface area contributed by atoms with E-state index in [-0.39, 0.29) is 0 Å². The Morgan fingerprint density at radius 3 is 2.86 bits per heavy atom. The van der Waals surface area contributed by atoms with Gasteiger partial charge in [0.05, 0.1) is 0 Å². The van der Waals surface area contributed by atoms with Crippen LogP contribution in [-0.4, -0.2) is 18.8 Å². The lowest BCUT2D eigenvalue weighted by atomic mass is 10.4. The summed E-state index contributed by atoms with van der Waals surface area (Å²) in [5.74, 6) is 1.18. The SMILES string of the molecule is CCNCCCSc1ccccc1Br. The van der Waals surface area contributed by atoms with E-state index in [1.54, 1.807) is 0 Å². The van der Waals surface area contributed by atoms with Crippen LogP contribution < -0.4 is 5.32 Å². The Morgan fingerprint density at radius 2 is 2.14 bits per heavy atom. The van der Waals surface area contributed by atoms with E-state index in [2.05, 4.69) is 46.4 Å². The molecule has 14 heavy (non-hydrogen) atoms. The quantitative estimate of drug-likeness (QED) is 0.629. The summed E-state index contributed by atoms with van der Waals surface area (Å²) in [6.45, 7) is 4.33. The van der Waals surface area contributed by atoms with Crippen LogP contribution in [-0.2, 0) is 0 Å². The third-order valence-corrected chi connectivity index (χ3v) is 3.96. The molecule has 0 heterocycles. The molecule has 0 spiro atoms. The molecule has 0 aromatic heterocycles. The molecule has 1 rings (SSSR count). The monoisotopic (exact) mass is 273 g/mol. The molecule has 0 fully saturated rings. The van der Waals surface area contributed by atoms with E-state index < -0.39 is 0 Å². The average Bonchev–Trinajstić information content (AvgIpc) is 2.20. The number of thioether (sulfide) groups is 1. The Kier molecular flexibility index (Phi) is 6.32. The Bertz CT molecular complexity index is 265. The summed E-state index contributed by atoms with van der Waals surface area (Å²) in [6, 6.07) is 8.37. The fourth-order valence-electron chi connectivity index (χ4n) is 1.12. The first-order valence-electron chi connectivity index (χ1n) is 4.92. The van der Waals surface area contributed by atoms with Gasteiger partial charge in [0, 0.05) is 9.37 Å². The second-order valence-corrected chi connectivity index (χ2v) is 4.98. The summed E-state index contributed by atoms with van der Waals surface area (Å²) in [5, 5.41) is 3.32. The van der Waals surface area contributed by atoms with Crippen LogP contribution >= 0.6 is 27.7 Å². The molecule has 78 valence electrons. The first-order valence-corrected chi connectivity index (χ1v) is 6.70. The highest BCUT2D eigenvalue weighted by Gasteiger charge is 1.97. The predicted octanol–water partition coefficient (Wildman–Crippen LogP) is 3.54. The molecule has 1 aromatic rings. The van der Waals surface area contributed by atoms with Gasteiger partial charge in [-0.15, -0.1) is 11.8 Å². The summed E-state index contributed by atoms with van der Waals surface area (Å²) < 4.78 is 1.20. The van der Waals surface area contributed by atoms with Gasteiger partial charge in [-0.25, -0.2) is 0 Å². The standard InChI is InChI=1S/C11H16BrNS/c1-2-13-8-5-9-14-11-7-4-3-6-10(11)12/h3-4,6-7,13H,2,5,8-9H2,1H3. The van der Waals surface area contributed by atoms with Crippen LogP contribution in [0, 0.1) is 0 Å². The van der Waals surface area contributed by atoms with E-state index in [4.69, 9.17) is 0 Å². The van der Waals surface area contributed by atoms with Gasteiger partial charge in [-0.05, 0) is 53.3 Å². The summed E-state index contributed by atoms with van der Waals surface area (Å²) in [6.07, 6.45) is 1.22. The first kappa shape index (κ1) is 12.1. The fourth-order valence-corrected chi connectivity index (χ4v) is 2.64. The zero-order valence-electron chi connectivity index (χ0n) is 8.42. The summed E-state index contributed by atoms with van der Waals surface area (Å²) in [4.78, 5) is 1.34. The van der Waals surface area contributed by atoms with Crippen molar-refractivity contribution in [1.29, 1.82) is 0 Å². The number of nitrogens with one attached hydrogen (secondary N) is 1. The van der Waals surface area contributed by atoms with Gasteiger partial charge in [0.2, 0.25) is 0 Å². The molecule has 1 nitrogen and oxygen atoms in total. The van der Waals surface area contributed by atoms with Crippen molar-refractivity contribution >= 4 is 27.7 Å². The van der Waals surface area contributed by atoms with Crippen LogP contribution in [0.1, 0.15) is 13.3 Å². The van der Waals surface area contributed by atoms with E-state index >= 15 is 0 Å². The Balaban J connectivity index is 2.21. The van der Waals surface area contributed by atoms with Crippen molar-refractivity contribution in [2.24, 2.45) is 0 Å². The minimum atomic E-state index is 1.07. The summed E-state index contributed by atoms with van der Waals surface area (Å²) in [7, 11) is 0. The molecule has 0 saturated heterocycles. The molecule has 0 atom stereocenters. The lowest BCUT2D eigenvalue weighted by Crippen LogP contribution is -2.14. The summed E-state index contributed by atoms with van der Waals surface area (Å²) in [5.41, 5.74) is 0. The van der Waals surface area contributed by atoms with Crippen LogP contribution in [0.15, 0.2) is 33.6 Å². The fraction of sp³-hybridized carbons (Fsp3) is 0.455. The van der Waals surface area contributed by atoms with Gasteiger partial charge in [0.15, 0.2) is 0 Å². The molecule has 0 saturated carbocycles. The molecule has 1 aromatic carbocycles. The lowest BCUT2D eigenvalue weighted by molar-refractivity contribution is 0.707. The van der Waals surface area contributed by atoms with Gasteiger partial charge < -0.3 is 5.32 Å². The zero-order chi connectivity index (χ0) is 10.2. The second-order valence-electron chi connectivity index (χ2n) is 2.99. The molecule has 0 unspecified atom stereocenters. The number of hydrogen-bond donors (Lipinski definition) is 1. The second kappa shape index (κ2) is 7.32. The minimum Gasteiger partial charge on any atom is -0.317 e. The van der Waals surface area contributed by atoms with Gasteiger partial charge in [-0.2, -0.15) is 0 Å². The van der Waals surface area contributed by atoms with Gasteiger partial charge in [-0.1, -0.05) is 19.1 Å². The van der Waals surface area contributed by atoms with E-state index in [0.29, 0.717) is 0 Å². The Hall–Kier alpha value is 0.01000. The molecule has 0 aliphatic heterocycles. The Labute approximate surface area is 98.8 Å². The van der Waals surface area contributed by atoms with Crippen molar-refractivity contribution in [3.05, 3.63) is 28.7 Å². The van der Waals surface area contributed by atoms with Crippen LogP contribution in [0.2, 0.25) is 0 Å². The van der Waals surface area contributed by atoms with Gasteiger partial charge >= 0.3 is 0 Å².